The largest absolute Gasteiger partial charge is 0.484 e. The molecular weight excluding hydrogens is 236 g/mol. The molecule has 1 aliphatic rings. The predicted molar refractivity (Wildman–Crippen MR) is 78.6 cm³/mol. The normalized spacial score (nSPS) is 17.3. The lowest BCUT2D eigenvalue weighted by atomic mass is 9.98. The van der Waals surface area contributed by atoms with Crippen LogP contribution in [-0.4, -0.2) is 19.2 Å². The zero-order chi connectivity index (χ0) is 13.2. The van der Waals surface area contributed by atoms with E-state index < -0.39 is 0 Å². The van der Waals surface area contributed by atoms with E-state index in [-0.39, 0.29) is 6.10 Å². The number of nitrogens with one attached hydrogen (secondary N) is 1. The van der Waals surface area contributed by atoms with Crippen molar-refractivity contribution >= 4 is 5.69 Å². The Kier molecular flexibility index (Phi) is 3.13. The average molecular weight is 254 g/mol. The van der Waals surface area contributed by atoms with Crippen LogP contribution in [0.25, 0.3) is 11.1 Å². The van der Waals surface area contributed by atoms with Crippen molar-refractivity contribution in [2.45, 2.75) is 13.0 Å². The summed E-state index contributed by atoms with van der Waals surface area (Å²) < 4.78 is 6.03. The van der Waals surface area contributed by atoms with Crippen LogP contribution in [0.1, 0.15) is 5.56 Å². The highest BCUT2D eigenvalue weighted by Gasteiger charge is 2.21. The smallest absolute Gasteiger partial charge is 0.150 e. The van der Waals surface area contributed by atoms with Gasteiger partial charge in [-0.1, -0.05) is 36.4 Å². The zero-order valence-electron chi connectivity index (χ0n) is 11.0. The maximum Gasteiger partial charge on any atom is 0.150 e. The molecule has 2 aromatic rings. The topological polar surface area (TPSA) is 47.3 Å². The summed E-state index contributed by atoms with van der Waals surface area (Å²) in [5.41, 5.74) is 10.3. The van der Waals surface area contributed by atoms with Gasteiger partial charge in [-0.25, -0.2) is 0 Å². The average Bonchev–Trinajstić information content (AvgIpc) is 2.47. The summed E-state index contributed by atoms with van der Waals surface area (Å²) >= 11 is 0. The van der Waals surface area contributed by atoms with Gasteiger partial charge < -0.3 is 15.8 Å². The molecule has 0 spiro atoms. The van der Waals surface area contributed by atoms with Crippen LogP contribution in [0.2, 0.25) is 0 Å². The highest BCUT2D eigenvalue weighted by molar-refractivity contribution is 5.80. The number of benzene rings is 2. The molecule has 0 unspecified atom stereocenters. The number of anilines is 1. The minimum absolute atomic E-state index is 0.0395. The number of ether oxygens (including phenoxy) is 1. The Bertz CT molecular complexity index is 595. The molecule has 3 heteroatoms. The van der Waals surface area contributed by atoms with Crippen LogP contribution < -0.4 is 15.8 Å². The molecule has 1 aliphatic heterocycles. The Hall–Kier alpha value is -2.00. The number of hydrogen-bond donors (Lipinski definition) is 2. The van der Waals surface area contributed by atoms with Crippen molar-refractivity contribution in [2.24, 2.45) is 5.73 Å². The van der Waals surface area contributed by atoms with Crippen LogP contribution in [-0.2, 0) is 0 Å². The number of nitrogens with two attached hydrogens (primary N) is 1. The van der Waals surface area contributed by atoms with Crippen LogP contribution in [0.4, 0.5) is 5.69 Å². The minimum Gasteiger partial charge on any atom is -0.484 e. The summed E-state index contributed by atoms with van der Waals surface area (Å²) in [5, 5.41) is 3.39. The van der Waals surface area contributed by atoms with Gasteiger partial charge in [0.15, 0.2) is 5.75 Å². The van der Waals surface area contributed by atoms with Crippen molar-refractivity contribution in [1.29, 1.82) is 0 Å². The summed E-state index contributed by atoms with van der Waals surface area (Å²) in [5.74, 6) is 0.915. The molecule has 98 valence electrons. The van der Waals surface area contributed by atoms with E-state index in [4.69, 9.17) is 10.5 Å². The van der Waals surface area contributed by atoms with E-state index >= 15 is 0 Å². The molecule has 0 saturated heterocycles. The van der Waals surface area contributed by atoms with Crippen LogP contribution in [0, 0.1) is 6.92 Å². The van der Waals surface area contributed by atoms with Gasteiger partial charge in [0.25, 0.3) is 0 Å². The first-order valence-electron chi connectivity index (χ1n) is 6.59. The third kappa shape index (κ3) is 2.17. The minimum atomic E-state index is 0.0395. The summed E-state index contributed by atoms with van der Waals surface area (Å²) in [6.07, 6.45) is 0.0395. The fourth-order valence-corrected chi connectivity index (χ4v) is 2.45. The first-order chi connectivity index (χ1) is 9.29. The number of fused-ring (bicyclic) bond motifs is 1. The maximum atomic E-state index is 6.03. The molecule has 0 fully saturated rings. The van der Waals surface area contributed by atoms with E-state index in [0.29, 0.717) is 6.54 Å². The van der Waals surface area contributed by atoms with Gasteiger partial charge in [0.1, 0.15) is 6.10 Å². The number of rotatable bonds is 2. The van der Waals surface area contributed by atoms with Gasteiger partial charge >= 0.3 is 0 Å². The highest BCUT2D eigenvalue weighted by Crippen LogP contribution is 2.40. The molecule has 0 amide bonds. The molecule has 0 saturated carbocycles. The second-order valence-electron chi connectivity index (χ2n) is 4.85. The molecule has 3 nitrogen and oxygen atoms in total. The van der Waals surface area contributed by atoms with Gasteiger partial charge in [-0.05, 0) is 24.1 Å². The van der Waals surface area contributed by atoms with E-state index in [2.05, 4.69) is 48.6 Å². The second kappa shape index (κ2) is 4.94. The van der Waals surface area contributed by atoms with Crippen molar-refractivity contribution in [3.63, 3.8) is 0 Å². The van der Waals surface area contributed by atoms with Crippen molar-refractivity contribution < 1.29 is 4.74 Å². The maximum absolute atomic E-state index is 6.03. The summed E-state index contributed by atoms with van der Waals surface area (Å²) in [6.45, 7) is 3.40. The van der Waals surface area contributed by atoms with E-state index in [1.54, 1.807) is 0 Å². The summed E-state index contributed by atoms with van der Waals surface area (Å²) in [6, 6.07) is 14.5. The Balaban J connectivity index is 2.11. The molecule has 19 heavy (non-hydrogen) atoms. The van der Waals surface area contributed by atoms with Gasteiger partial charge in [-0.3, -0.25) is 0 Å². The number of aryl methyl sites for hydroxylation is 1. The predicted octanol–water partition coefficient (Wildman–Crippen LogP) is 2.79. The third-order valence-corrected chi connectivity index (χ3v) is 3.52. The lowest BCUT2D eigenvalue weighted by Crippen LogP contribution is -2.37. The van der Waals surface area contributed by atoms with Gasteiger partial charge in [0.2, 0.25) is 0 Å². The first-order valence-corrected chi connectivity index (χ1v) is 6.59. The third-order valence-electron chi connectivity index (χ3n) is 3.52. The fraction of sp³-hybridized carbons (Fsp3) is 0.250. The van der Waals surface area contributed by atoms with Crippen LogP contribution in [0.5, 0.6) is 5.75 Å². The Morgan fingerprint density at radius 3 is 2.74 bits per heavy atom. The van der Waals surface area contributed by atoms with Crippen molar-refractivity contribution in [3.8, 4) is 16.9 Å². The van der Waals surface area contributed by atoms with Gasteiger partial charge in [-0.2, -0.15) is 0 Å². The van der Waals surface area contributed by atoms with Crippen molar-refractivity contribution in [2.75, 3.05) is 18.4 Å². The van der Waals surface area contributed by atoms with E-state index in [9.17, 15) is 0 Å². The van der Waals surface area contributed by atoms with Crippen molar-refractivity contribution in [3.05, 3.63) is 48.0 Å². The number of hydrogen-bond acceptors (Lipinski definition) is 3. The molecule has 2 aromatic carbocycles. The van der Waals surface area contributed by atoms with Crippen LogP contribution in [0.3, 0.4) is 0 Å². The molecule has 3 N–H and O–H groups in total. The van der Waals surface area contributed by atoms with Gasteiger partial charge in [0.05, 0.1) is 12.2 Å². The Labute approximate surface area is 113 Å². The second-order valence-corrected chi connectivity index (χ2v) is 4.85. The summed E-state index contributed by atoms with van der Waals surface area (Å²) in [7, 11) is 0. The van der Waals surface area contributed by atoms with Crippen LogP contribution in [0.15, 0.2) is 42.5 Å². The standard InChI is InChI=1S/C16H18N2O/c1-11-5-2-3-6-13(11)14-7-4-8-15-16(14)19-12(9-17)10-18-15/h2-8,12,18H,9-10,17H2,1H3/t12-/m0/s1. The Morgan fingerprint density at radius 1 is 1.16 bits per heavy atom. The molecule has 0 aromatic heterocycles. The van der Waals surface area contributed by atoms with Gasteiger partial charge in [0, 0.05) is 12.1 Å². The van der Waals surface area contributed by atoms with Crippen LogP contribution >= 0.6 is 0 Å². The molecule has 0 radical (unpaired) electrons. The molecular formula is C16H18N2O. The lowest BCUT2D eigenvalue weighted by Gasteiger charge is -2.28. The first kappa shape index (κ1) is 12.1. The number of para-hydroxylation sites is 1. The summed E-state index contributed by atoms with van der Waals surface area (Å²) in [4.78, 5) is 0. The Morgan fingerprint density at radius 2 is 1.95 bits per heavy atom. The SMILES string of the molecule is Cc1ccccc1-c1cccc2c1O[C@@H](CN)CN2. The fourth-order valence-electron chi connectivity index (χ4n) is 2.45. The molecule has 0 bridgehead atoms. The van der Waals surface area contributed by atoms with Crippen molar-refractivity contribution in [1.82, 2.24) is 0 Å². The molecule has 3 rings (SSSR count). The zero-order valence-corrected chi connectivity index (χ0v) is 11.0. The highest BCUT2D eigenvalue weighted by atomic mass is 16.5. The lowest BCUT2D eigenvalue weighted by molar-refractivity contribution is 0.215. The van der Waals surface area contributed by atoms with E-state index in [1.165, 1.54) is 11.1 Å². The molecule has 1 atom stereocenters. The van der Waals surface area contributed by atoms with E-state index in [0.717, 1.165) is 23.5 Å². The molecule has 1 heterocycles. The quantitative estimate of drug-likeness (QED) is 0.866. The van der Waals surface area contributed by atoms with E-state index in [1.807, 2.05) is 6.07 Å². The molecule has 0 aliphatic carbocycles. The van der Waals surface area contributed by atoms with Gasteiger partial charge in [-0.15, -0.1) is 0 Å². The monoisotopic (exact) mass is 254 g/mol.